The van der Waals surface area contributed by atoms with Gasteiger partial charge in [-0.3, -0.25) is 4.79 Å². The number of carbonyl (C=O) groups excluding carboxylic acids is 1. The monoisotopic (exact) mass is 431 g/mol. The van der Waals surface area contributed by atoms with Crippen molar-refractivity contribution in [1.82, 2.24) is 10.6 Å². The molecule has 2 N–H and O–H groups in total. The molecule has 7 heteroatoms. The fourth-order valence-corrected chi connectivity index (χ4v) is 3.00. The molecule has 1 aromatic heterocycles. The molecule has 6 nitrogen and oxygen atoms in total. The number of amides is 1. The lowest BCUT2D eigenvalue weighted by molar-refractivity contribution is -0.118. The molecule has 0 aliphatic heterocycles. The normalized spacial score (nSPS) is 11.6. The van der Waals surface area contributed by atoms with Crippen molar-refractivity contribution in [3.63, 3.8) is 0 Å². The van der Waals surface area contributed by atoms with Gasteiger partial charge in [0.15, 0.2) is 0 Å². The van der Waals surface area contributed by atoms with E-state index in [1.54, 1.807) is 18.4 Å². The summed E-state index contributed by atoms with van der Waals surface area (Å²) < 4.78 is 5.54. The van der Waals surface area contributed by atoms with Gasteiger partial charge in [-0.05, 0) is 62.3 Å². The molecule has 0 atom stereocenters. The van der Waals surface area contributed by atoms with Crippen molar-refractivity contribution < 1.29 is 9.21 Å². The second-order valence-corrected chi connectivity index (χ2v) is 7.02. The van der Waals surface area contributed by atoms with Gasteiger partial charge in [0.25, 0.3) is 0 Å². The number of nitrogens with one attached hydrogen (secondary N) is 2. The van der Waals surface area contributed by atoms with Gasteiger partial charge in [0, 0.05) is 43.3 Å². The average molecular weight is 431 g/mol. The quantitative estimate of drug-likeness (QED) is 0.233. The van der Waals surface area contributed by atoms with Crippen molar-refractivity contribution in [1.29, 1.82) is 0 Å². The van der Waals surface area contributed by atoms with Gasteiger partial charge in [0.2, 0.25) is 5.91 Å². The maximum absolute atomic E-state index is 12.4. The third-order valence-electron chi connectivity index (χ3n) is 4.76. The first-order valence-electron chi connectivity index (χ1n) is 10.7. The van der Waals surface area contributed by atoms with E-state index in [0.29, 0.717) is 24.2 Å². The van der Waals surface area contributed by atoms with Crippen molar-refractivity contribution in [2.75, 3.05) is 31.1 Å². The van der Waals surface area contributed by atoms with E-state index in [1.807, 2.05) is 42.5 Å². The van der Waals surface area contributed by atoms with Crippen LogP contribution >= 0.6 is 0 Å². The van der Waals surface area contributed by atoms with E-state index in [9.17, 15) is 9.59 Å². The van der Waals surface area contributed by atoms with E-state index >= 15 is 0 Å². The van der Waals surface area contributed by atoms with Gasteiger partial charge >= 0.3 is 5.63 Å². The van der Waals surface area contributed by atoms with Gasteiger partial charge < -0.3 is 20.0 Å². The molecule has 0 aliphatic carbocycles. The summed E-state index contributed by atoms with van der Waals surface area (Å²) in [4.78, 5) is 25.6. The maximum atomic E-state index is 12.4. The number of rotatable bonds is 12. The summed E-state index contributed by atoms with van der Waals surface area (Å²) in [6, 6.07) is 7.74. The van der Waals surface area contributed by atoms with Gasteiger partial charge in [-0.2, -0.15) is 0 Å². The molecule has 2 rings (SSSR count). The van der Waals surface area contributed by atoms with Crippen molar-refractivity contribution in [3.8, 4) is 0 Å². The minimum atomic E-state index is -0.381. The highest BCUT2D eigenvalue weighted by atomic mass is 16.4. The predicted octanol–water partition coefficient (Wildman–Crippen LogP) is 3.57. The van der Waals surface area contributed by atoms with Crippen LogP contribution in [0.5, 0.6) is 0 Å². The third-order valence-corrected chi connectivity index (χ3v) is 4.76. The molecule has 0 saturated heterocycles. The molecular weight excluding hydrogens is 401 g/mol. The van der Waals surface area contributed by atoms with E-state index in [0.717, 1.165) is 29.7 Å². The Hall–Kier alpha value is -3.48. The molecule has 32 heavy (non-hydrogen) atoms. The maximum Gasteiger partial charge on any atom is 0.343 e. The second-order valence-electron chi connectivity index (χ2n) is 7.02. The summed E-state index contributed by atoms with van der Waals surface area (Å²) in [6.45, 7) is 11.0. The van der Waals surface area contributed by atoms with Crippen LogP contribution in [0.4, 0.5) is 5.69 Å². The zero-order valence-corrected chi connectivity index (χ0v) is 18.8. The fraction of sp³-hybridized carbons (Fsp3) is 0.280. The highest BCUT2D eigenvalue weighted by Crippen LogP contribution is 2.22. The van der Waals surface area contributed by atoms with E-state index in [4.69, 9.17) is 12.3 Å². The lowest BCUT2D eigenvalue weighted by atomic mass is 10.1. The lowest BCUT2D eigenvalue weighted by Gasteiger charge is -2.20. The standard InChI is InChI=1S/C25H30BN3O3/c1-4-29(5-2)22-12-11-20-16-21(25(31)32-23(20)17-22)10-9-19(3)8-6-7-13-27-14-15-28-24(30)18-26/h6-13,16-17,27H,3-5,14-15,18H2,1-2H3,(H,28,30)/b8-6-,10-9+,13-7-. The third kappa shape index (κ3) is 7.65. The Kier molecular flexibility index (Phi) is 10.1. The van der Waals surface area contributed by atoms with Crippen LogP contribution in [0.25, 0.3) is 17.0 Å². The molecule has 2 radical (unpaired) electrons. The summed E-state index contributed by atoms with van der Waals surface area (Å²) in [6.07, 6.45) is 10.7. The highest BCUT2D eigenvalue weighted by Gasteiger charge is 2.07. The smallest absolute Gasteiger partial charge is 0.343 e. The number of benzene rings is 1. The Balaban J connectivity index is 1.94. The van der Waals surface area contributed by atoms with E-state index < -0.39 is 0 Å². The van der Waals surface area contributed by atoms with Crippen molar-refractivity contribution in [2.24, 2.45) is 0 Å². The number of nitrogens with zero attached hydrogens (tertiary/aromatic N) is 1. The van der Waals surface area contributed by atoms with Gasteiger partial charge in [-0.15, -0.1) is 0 Å². The van der Waals surface area contributed by atoms with Crippen LogP contribution in [-0.4, -0.2) is 39.9 Å². The molecule has 0 fully saturated rings. The van der Waals surface area contributed by atoms with Crippen LogP contribution in [0.2, 0.25) is 6.32 Å². The van der Waals surface area contributed by atoms with Gasteiger partial charge in [0.05, 0.1) is 13.4 Å². The lowest BCUT2D eigenvalue weighted by Crippen LogP contribution is -2.29. The Labute approximate surface area is 190 Å². The minimum absolute atomic E-state index is 0.00701. The number of hydrogen-bond donors (Lipinski definition) is 2. The minimum Gasteiger partial charge on any atom is -0.422 e. The Morgan fingerprint density at radius 2 is 1.94 bits per heavy atom. The molecule has 1 aromatic carbocycles. The summed E-state index contributed by atoms with van der Waals surface area (Å²) in [5.74, 6) is -0.177. The zero-order valence-electron chi connectivity index (χ0n) is 18.8. The average Bonchev–Trinajstić information content (AvgIpc) is 2.79. The van der Waals surface area contributed by atoms with Gasteiger partial charge in [-0.1, -0.05) is 24.8 Å². The van der Waals surface area contributed by atoms with Crippen LogP contribution in [-0.2, 0) is 4.79 Å². The number of hydrogen-bond acceptors (Lipinski definition) is 5. The molecule has 1 amide bonds. The van der Waals surface area contributed by atoms with Crippen LogP contribution in [0.15, 0.2) is 76.1 Å². The van der Waals surface area contributed by atoms with E-state index in [1.165, 1.54) is 0 Å². The number of allylic oxidation sites excluding steroid dienone is 5. The van der Waals surface area contributed by atoms with Gasteiger partial charge in [-0.25, -0.2) is 4.79 Å². The Bertz CT molecular complexity index is 1070. The largest absolute Gasteiger partial charge is 0.422 e. The summed E-state index contributed by atoms with van der Waals surface area (Å²) in [7, 11) is 5.21. The van der Waals surface area contributed by atoms with Crippen LogP contribution < -0.4 is 21.2 Å². The van der Waals surface area contributed by atoms with Crippen LogP contribution in [0.1, 0.15) is 19.4 Å². The molecule has 0 aliphatic rings. The molecule has 2 aromatic rings. The second kappa shape index (κ2) is 13.0. The van der Waals surface area contributed by atoms with E-state index in [-0.39, 0.29) is 17.9 Å². The predicted molar refractivity (Wildman–Crippen MR) is 134 cm³/mol. The first-order chi connectivity index (χ1) is 15.5. The summed E-state index contributed by atoms with van der Waals surface area (Å²) >= 11 is 0. The number of carbonyl (C=O) groups is 1. The number of fused-ring (bicyclic) bond motifs is 1. The molecule has 0 unspecified atom stereocenters. The Morgan fingerprint density at radius 3 is 2.66 bits per heavy atom. The molecule has 0 bridgehead atoms. The Morgan fingerprint density at radius 1 is 1.16 bits per heavy atom. The van der Waals surface area contributed by atoms with Crippen LogP contribution in [0, 0.1) is 0 Å². The van der Waals surface area contributed by atoms with Crippen LogP contribution in [0.3, 0.4) is 0 Å². The first-order valence-corrected chi connectivity index (χ1v) is 10.7. The zero-order chi connectivity index (χ0) is 23.3. The number of anilines is 1. The van der Waals surface area contributed by atoms with Crippen molar-refractivity contribution in [3.05, 3.63) is 82.9 Å². The topological polar surface area (TPSA) is 74.6 Å². The summed E-state index contributed by atoms with van der Waals surface area (Å²) in [5.41, 5.74) is 2.44. The van der Waals surface area contributed by atoms with E-state index in [2.05, 4.69) is 36.0 Å². The SMILES string of the molecule is [B]CC(=O)NCCN/C=C\C=C/C(=C)/C=C/c1cc2ccc(N(CC)CC)cc2oc1=O. The first kappa shape index (κ1) is 24.8. The van der Waals surface area contributed by atoms with Gasteiger partial charge in [0.1, 0.15) is 5.58 Å². The molecular formula is C25H30BN3O3. The fourth-order valence-electron chi connectivity index (χ4n) is 3.00. The molecule has 0 saturated carbocycles. The molecule has 166 valence electrons. The van der Waals surface area contributed by atoms with Crippen molar-refractivity contribution >= 4 is 36.5 Å². The summed E-state index contributed by atoms with van der Waals surface area (Å²) in [5, 5.41) is 6.59. The highest BCUT2D eigenvalue weighted by molar-refractivity contribution is 6.19. The molecule has 1 heterocycles. The van der Waals surface area contributed by atoms with Crippen molar-refractivity contribution in [2.45, 2.75) is 20.2 Å². The molecule has 0 spiro atoms.